The van der Waals surface area contributed by atoms with Crippen molar-refractivity contribution >= 4 is 15.7 Å². The van der Waals surface area contributed by atoms with E-state index in [0.717, 1.165) is 11.1 Å². The van der Waals surface area contributed by atoms with Crippen LogP contribution >= 0.6 is 0 Å². The highest BCUT2D eigenvalue weighted by Gasteiger charge is 2.28. The van der Waals surface area contributed by atoms with Gasteiger partial charge in [0.2, 0.25) is 0 Å². The molecule has 192 valence electrons. The molecule has 4 aromatic carbocycles. The van der Waals surface area contributed by atoms with Crippen molar-refractivity contribution in [3.63, 3.8) is 0 Å². The maximum atomic E-state index is 13.7. The molecule has 37 heavy (non-hydrogen) atoms. The van der Waals surface area contributed by atoms with E-state index in [1.807, 2.05) is 60.7 Å². The molecule has 1 N–H and O–H groups in total. The number of methoxy groups -OCH3 is 1. The van der Waals surface area contributed by atoms with E-state index < -0.39 is 16.1 Å². The lowest BCUT2D eigenvalue weighted by atomic mass is 10.1. The van der Waals surface area contributed by atoms with Gasteiger partial charge in [0.25, 0.3) is 10.0 Å². The summed E-state index contributed by atoms with van der Waals surface area (Å²) in [5.74, 6) is 0.623. The number of anilines is 1. The molecule has 0 unspecified atom stereocenters. The lowest BCUT2D eigenvalue weighted by Gasteiger charge is -2.30. The summed E-state index contributed by atoms with van der Waals surface area (Å²) in [6, 6.07) is 35.2. The summed E-state index contributed by atoms with van der Waals surface area (Å²) >= 11 is 0. The first-order chi connectivity index (χ1) is 18.0. The maximum absolute atomic E-state index is 13.7. The van der Waals surface area contributed by atoms with Crippen LogP contribution in [0.2, 0.25) is 0 Å². The second kappa shape index (κ2) is 12.5. The van der Waals surface area contributed by atoms with Gasteiger partial charge in [-0.15, -0.1) is 0 Å². The Labute approximate surface area is 219 Å². The summed E-state index contributed by atoms with van der Waals surface area (Å²) in [6.07, 6.45) is -0.937. The molecule has 0 saturated carbocycles. The molecule has 6 nitrogen and oxygen atoms in total. The van der Waals surface area contributed by atoms with Gasteiger partial charge in [-0.3, -0.25) is 9.21 Å². The Morgan fingerprint density at radius 2 is 1.19 bits per heavy atom. The van der Waals surface area contributed by atoms with E-state index in [-0.39, 0.29) is 11.4 Å². The SMILES string of the molecule is COc1ccc(N(C[C@@H](O)CN(Cc2ccccc2)Cc2ccccc2)S(=O)(=O)c2ccccc2)cc1. The van der Waals surface area contributed by atoms with Gasteiger partial charge in [0.15, 0.2) is 0 Å². The predicted octanol–water partition coefficient (Wildman–Crippen LogP) is 4.95. The van der Waals surface area contributed by atoms with Crippen molar-refractivity contribution in [1.82, 2.24) is 4.90 Å². The molecule has 0 radical (unpaired) electrons. The van der Waals surface area contributed by atoms with Gasteiger partial charge >= 0.3 is 0 Å². The van der Waals surface area contributed by atoms with E-state index in [0.29, 0.717) is 31.1 Å². The zero-order chi connectivity index (χ0) is 26.1. The highest BCUT2D eigenvalue weighted by Crippen LogP contribution is 2.26. The molecule has 0 aliphatic heterocycles. The Hall–Kier alpha value is -3.65. The van der Waals surface area contributed by atoms with E-state index in [1.54, 1.807) is 61.7 Å². The Kier molecular flexibility index (Phi) is 8.95. The Bertz CT molecular complexity index is 1290. The zero-order valence-corrected chi connectivity index (χ0v) is 21.7. The van der Waals surface area contributed by atoms with Gasteiger partial charge in [-0.05, 0) is 47.5 Å². The normalized spacial score (nSPS) is 12.3. The first-order valence-electron chi connectivity index (χ1n) is 12.2. The van der Waals surface area contributed by atoms with E-state index in [2.05, 4.69) is 4.90 Å². The number of aliphatic hydroxyl groups excluding tert-OH is 1. The van der Waals surface area contributed by atoms with Crippen molar-refractivity contribution in [3.05, 3.63) is 126 Å². The number of sulfonamides is 1. The zero-order valence-electron chi connectivity index (χ0n) is 20.9. The molecule has 0 amide bonds. The van der Waals surface area contributed by atoms with Crippen LogP contribution in [0.5, 0.6) is 5.75 Å². The van der Waals surface area contributed by atoms with Crippen molar-refractivity contribution in [2.24, 2.45) is 0 Å². The Morgan fingerprint density at radius 3 is 1.68 bits per heavy atom. The maximum Gasteiger partial charge on any atom is 0.264 e. The van der Waals surface area contributed by atoms with E-state index in [1.165, 1.54) is 4.31 Å². The molecule has 4 aromatic rings. The molecule has 0 bridgehead atoms. The number of aliphatic hydroxyl groups is 1. The van der Waals surface area contributed by atoms with Crippen molar-refractivity contribution < 1.29 is 18.3 Å². The minimum Gasteiger partial charge on any atom is -0.497 e. The summed E-state index contributed by atoms with van der Waals surface area (Å²) < 4.78 is 33.8. The number of benzene rings is 4. The fourth-order valence-electron chi connectivity index (χ4n) is 4.23. The molecular weight excluding hydrogens is 484 g/mol. The van der Waals surface area contributed by atoms with Crippen LogP contribution in [-0.2, 0) is 23.1 Å². The first kappa shape index (κ1) is 26.4. The average molecular weight is 517 g/mol. The molecule has 7 heteroatoms. The quantitative estimate of drug-likeness (QED) is 0.288. The van der Waals surface area contributed by atoms with Crippen molar-refractivity contribution in [2.45, 2.75) is 24.1 Å². The third kappa shape index (κ3) is 7.20. The summed E-state index contributed by atoms with van der Waals surface area (Å²) in [5, 5.41) is 11.2. The lowest BCUT2D eigenvalue weighted by Crippen LogP contribution is -2.42. The largest absolute Gasteiger partial charge is 0.497 e. The van der Waals surface area contributed by atoms with Crippen LogP contribution in [0.4, 0.5) is 5.69 Å². The van der Waals surface area contributed by atoms with Gasteiger partial charge in [0.05, 0.1) is 30.3 Å². The molecule has 4 rings (SSSR count). The molecule has 0 heterocycles. The van der Waals surface area contributed by atoms with Crippen LogP contribution in [0.25, 0.3) is 0 Å². The van der Waals surface area contributed by atoms with E-state index in [9.17, 15) is 13.5 Å². The van der Waals surface area contributed by atoms with E-state index >= 15 is 0 Å². The van der Waals surface area contributed by atoms with Gasteiger partial charge in [-0.25, -0.2) is 8.42 Å². The minimum atomic E-state index is -3.91. The third-order valence-corrected chi connectivity index (χ3v) is 7.84. The van der Waals surface area contributed by atoms with Crippen molar-refractivity contribution in [3.8, 4) is 5.75 Å². The smallest absolute Gasteiger partial charge is 0.264 e. The minimum absolute atomic E-state index is 0.0936. The molecule has 0 aliphatic rings. The van der Waals surface area contributed by atoms with Gasteiger partial charge in [-0.2, -0.15) is 0 Å². The molecule has 0 fully saturated rings. The summed E-state index contributed by atoms with van der Waals surface area (Å²) in [4.78, 5) is 2.31. The van der Waals surface area contributed by atoms with Gasteiger partial charge in [0, 0.05) is 19.6 Å². The highest BCUT2D eigenvalue weighted by atomic mass is 32.2. The number of rotatable bonds is 12. The predicted molar refractivity (Wildman–Crippen MR) is 147 cm³/mol. The second-order valence-electron chi connectivity index (χ2n) is 8.84. The van der Waals surface area contributed by atoms with Crippen molar-refractivity contribution in [2.75, 3.05) is 24.5 Å². The van der Waals surface area contributed by atoms with Crippen LogP contribution < -0.4 is 9.04 Å². The number of ether oxygens (including phenoxy) is 1. The van der Waals surface area contributed by atoms with Crippen LogP contribution in [0.1, 0.15) is 11.1 Å². The molecule has 1 atom stereocenters. The second-order valence-corrected chi connectivity index (χ2v) is 10.7. The lowest BCUT2D eigenvalue weighted by molar-refractivity contribution is 0.111. The number of nitrogens with zero attached hydrogens (tertiary/aromatic N) is 2. The Balaban J connectivity index is 1.59. The summed E-state index contributed by atoms with van der Waals surface area (Å²) in [7, 11) is -2.35. The Morgan fingerprint density at radius 1 is 0.703 bits per heavy atom. The molecule has 0 spiro atoms. The number of hydrogen-bond donors (Lipinski definition) is 1. The van der Waals surface area contributed by atoms with Crippen LogP contribution in [0, 0.1) is 0 Å². The summed E-state index contributed by atoms with van der Waals surface area (Å²) in [6.45, 7) is 1.45. The highest BCUT2D eigenvalue weighted by molar-refractivity contribution is 7.92. The van der Waals surface area contributed by atoms with Gasteiger partial charge in [0.1, 0.15) is 5.75 Å². The molecule has 0 saturated heterocycles. The van der Waals surface area contributed by atoms with Crippen LogP contribution in [-0.4, -0.2) is 44.7 Å². The third-order valence-electron chi connectivity index (χ3n) is 6.04. The fraction of sp³-hybridized carbons (Fsp3) is 0.200. The molecular formula is C30H32N2O4S. The van der Waals surface area contributed by atoms with Crippen LogP contribution in [0.15, 0.2) is 120 Å². The van der Waals surface area contributed by atoms with Crippen molar-refractivity contribution in [1.29, 1.82) is 0 Å². The first-order valence-corrected chi connectivity index (χ1v) is 13.6. The van der Waals surface area contributed by atoms with Crippen LogP contribution in [0.3, 0.4) is 0 Å². The molecule has 0 aromatic heterocycles. The monoisotopic (exact) mass is 516 g/mol. The topological polar surface area (TPSA) is 70.1 Å². The van der Waals surface area contributed by atoms with E-state index in [4.69, 9.17) is 4.74 Å². The molecule has 0 aliphatic carbocycles. The fourth-order valence-corrected chi connectivity index (χ4v) is 5.75. The van der Waals surface area contributed by atoms with Gasteiger partial charge in [-0.1, -0.05) is 78.9 Å². The van der Waals surface area contributed by atoms with Gasteiger partial charge < -0.3 is 9.84 Å². The number of hydrogen-bond acceptors (Lipinski definition) is 5. The average Bonchev–Trinajstić information content (AvgIpc) is 2.93. The standard InChI is InChI=1S/C30H32N2O4S/c1-36-29-19-17-27(18-20-29)32(37(34,35)30-15-9-4-10-16-30)24-28(33)23-31(21-25-11-5-2-6-12-25)22-26-13-7-3-8-14-26/h2-20,28,33H,21-24H2,1H3/t28-/m0/s1. The summed E-state index contributed by atoms with van der Waals surface area (Å²) in [5.41, 5.74) is 2.70.